The molecule has 1 fully saturated rings. The van der Waals surface area contributed by atoms with Gasteiger partial charge in [0.05, 0.1) is 12.3 Å². The highest BCUT2D eigenvalue weighted by Crippen LogP contribution is 2.47. The van der Waals surface area contributed by atoms with Gasteiger partial charge in [-0.3, -0.25) is 9.59 Å². The minimum absolute atomic E-state index is 0.0202. The number of Topliss-reactive ketones (excluding diaryl/α,β-unsaturated/α-hetero) is 1. The van der Waals surface area contributed by atoms with Gasteiger partial charge in [0.2, 0.25) is 0 Å². The molecule has 3 heterocycles. The van der Waals surface area contributed by atoms with Gasteiger partial charge in [-0.15, -0.1) is 0 Å². The Morgan fingerprint density at radius 3 is 2.61 bits per heavy atom. The Balaban J connectivity index is 1.90. The van der Waals surface area contributed by atoms with Crippen LogP contribution in [0.4, 0.5) is 0 Å². The molecule has 1 amide bonds. The number of esters is 1. The fourth-order valence-electron chi connectivity index (χ4n) is 4.69. The molecule has 4 aliphatic rings. The van der Waals surface area contributed by atoms with Crippen LogP contribution in [0.3, 0.4) is 0 Å². The van der Waals surface area contributed by atoms with Gasteiger partial charge in [-0.1, -0.05) is 6.08 Å². The molecule has 7 heteroatoms. The Morgan fingerprint density at radius 2 is 1.93 bits per heavy atom. The minimum atomic E-state index is -1.28. The van der Waals surface area contributed by atoms with E-state index in [0.29, 0.717) is 24.6 Å². The van der Waals surface area contributed by atoms with Gasteiger partial charge in [0.1, 0.15) is 11.4 Å². The van der Waals surface area contributed by atoms with E-state index in [1.54, 1.807) is 6.92 Å². The van der Waals surface area contributed by atoms with Gasteiger partial charge in [0.15, 0.2) is 11.3 Å². The number of amidine groups is 1. The van der Waals surface area contributed by atoms with E-state index in [9.17, 15) is 14.4 Å². The van der Waals surface area contributed by atoms with E-state index in [1.807, 2.05) is 35.9 Å². The van der Waals surface area contributed by atoms with Crippen LogP contribution in [0.1, 0.15) is 46.5 Å². The summed E-state index contributed by atoms with van der Waals surface area (Å²) in [5, 5.41) is 0. The molecule has 7 nitrogen and oxygen atoms in total. The number of ether oxygens (including phenoxy) is 1. The Kier molecular flexibility index (Phi) is 4.48. The van der Waals surface area contributed by atoms with E-state index in [2.05, 4.69) is 4.99 Å². The molecule has 0 saturated carbocycles. The number of amides is 1. The van der Waals surface area contributed by atoms with Crippen LogP contribution >= 0.6 is 0 Å². The molecule has 1 spiro atoms. The lowest BCUT2D eigenvalue weighted by Gasteiger charge is -2.42. The summed E-state index contributed by atoms with van der Waals surface area (Å²) in [5.41, 5.74) is 1.08. The number of hydrogen-bond acceptors (Lipinski definition) is 6. The Bertz CT molecular complexity index is 889. The lowest BCUT2D eigenvalue weighted by atomic mass is 9.90. The van der Waals surface area contributed by atoms with Crippen LogP contribution in [0.2, 0.25) is 0 Å². The summed E-state index contributed by atoms with van der Waals surface area (Å²) in [4.78, 5) is 47.2. The van der Waals surface area contributed by atoms with Gasteiger partial charge >= 0.3 is 5.97 Å². The third-order valence-corrected chi connectivity index (χ3v) is 5.81. The molecule has 0 aromatic heterocycles. The largest absolute Gasteiger partial charge is 0.462 e. The molecule has 1 atom stereocenters. The highest BCUT2D eigenvalue weighted by atomic mass is 16.5. The maximum Gasteiger partial charge on any atom is 0.343 e. The van der Waals surface area contributed by atoms with Crippen molar-refractivity contribution < 1.29 is 19.1 Å². The number of likely N-dealkylation sites (tertiary alicyclic amines) is 1. The topological polar surface area (TPSA) is 79.3 Å². The molecule has 0 radical (unpaired) electrons. The van der Waals surface area contributed by atoms with Gasteiger partial charge in [0.25, 0.3) is 5.91 Å². The number of carbonyl (C=O) groups excluding carboxylic acids is 3. The second-order valence-electron chi connectivity index (χ2n) is 7.76. The fraction of sp³-hybridized carbons (Fsp3) is 0.524. The minimum Gasteiger partial charge on any atom is -0.462 e. The summed E-state index contributed by atoms with van der Waals surface area (Å²) in [7, 11) is 0. The van der Waals surface area contributed by atoms with Crippen molar-refractivity contribution in [1.82, 2.24) is 9.80 Å². The van der Waals surface area contributed by atoms with Crippen LogP contribution in [0.25, 0.3) is 0 Å². The van der Waals surface area contributed by atoms with E-state index >= 15 is 0 Å². The molecule has 0 aromatic rings. The maximum absolute atomic E-state index is 13.3. The number of nitrogens with zero attached hydrogens (tertiary/aromatic N) is 3. The number of hydrogen-bond donors (Lipinski definition) is 0. The first-order valence-corrected chi connectivity index (χ1v) is 9.89. The van der Waals surface area contributed by atoms with E-state index in [1.165, 1.54) is 0 Å². The van der Waals surface area contributed by atoms with E-state index < -0.39 is 11.5 Å². The molecule has 0 aromatic carbocycles. The van der Waals surface area contributed by atoms with Crippen molar-refractivity contribution in [3.05, 3.63) is 34.7 Å². The number of aliphatic imine (C=N–C) groups is 1. The predicted octanol–water partition coefficient (Wildman–Crippen LogP) is 2.11. The highest BCUT2D eigenvalue weighted by Gasteiger charge is 2.62. The molecule has 148 valence electrons. The average molecular weight is 383 g/mol. The summed E-state index contributed by atoms with van der Waals surface area (Å²) >= 11 is 0. The molecule has 1 unspecified atom stereocenters. The number of rotatable bonds is 3. The van der Waals surface area contributed by atoms with Crippen molar-refractivity contribution in [2.24, 2.45) is 4.99 Å². The maximum atomic E-state index is 13.3. The van der Waals surface area contributed by atoms with Gasteiger partial charge in [-0.05, 0) is 51.2 Å². The van der Waals surface area contributed by atoms with Crippen molar-refractivity contribution >= 4 is 23.5 Å². The standard InChI is InChI=1S/C21H25N3O4/c1-4-28-19(26)16-15(25)11-21(17(16)23-8-6-5-7-9-23)20(27)22-18-14(3)10-13(2)12-24(18)21/h10,12H,4-9,11H2,1-3H3. The lowest BCUT2D eigenvalue weighted by molar-refractivity contribution is -0.140. The van der Waals surface area contributed by atoms with Crippen molar-refractivity contribution in [2.75, 3.05) is 19.7 Å². The Labute approximate surface area is 164 Å². The van der Waals surface area contributed by atoms with Crippen molar-refractivity contribution in [1.29, 1.82) is 0 Å². The zero-order chi connectivity index (χ0) is 20.1. The smallest absolute Gasteiger partial charge is 0.343 e. The number of carbonyl (C=O) groups is 3. The first-order valence-electron chi connectivity index (χ1n) is 9.89. The van der Waals surface area contributed by atoms with Crippen molar-refractivity contribution in [3.63, 3.8) is 0 Å². The van der Waals surface area contributed by atoms with Crippen LogP contribution in [-0.2, 0) is 19.1 Å². The number of ketones is 1. The van der Waals surface area contributed by atoms with Crippen LogP contribution in [0.5, 0.6) is 0 Å². The van der Waals surface area contributed by atoms with Crippen molar-refractivity contribution in [2.45, 2.75) is 52.0 Å². The van der Waals surface area contributed by atoms with Gasteiger partial charge in [-0.2, -0.15) is 4.99 Å². The molecule has 28 heavy (non-hydrogen) atoms. The van der Waals surface area contributed by atoms with Crippen LogP contribution < -0.4 is 0 Å². The number of fused-ring (bicyclic) bond motifs is 2. The normalized spacial score (nSPS) is 27.2. The summed E-state index contributed by atoms with van der Waals surface area (Å²) < 4.78 is 5.20. The average Bonchev–Trinajstić information content (AvgIpc) is 3.12. The number of piperidine rings is 1. The highest BCUT2D eigenvalue weighted by molar-refractivity contribution is 6.26. The molecule has 1 saturated heterocycles. The third-order valence-electron chi connectivity index (χ3n) is 5.81. The molecule has 4 rings (SSSR count). The Hall–Kier alpha value is -2.70. The first kappa shape index (κ1) is 18.7. The summed E-state index contributed by atoms with van der Waals surface area (Å²) in [6.45, 7) is 7.16. The lowest BCUT2D eigenvalue weighted by Crippen LogP contribution is -2.54. The van der Waals surface area contributed by atoms with Crippen LogP contribution in [0.15, 0.2) is 39.7 Å². The zero-order valence-corrected chi connectivity index (χ0v) is 16.6. The van der Waals surface area contributed by atoms with Gasteiger partial charge in [0, 0.05) is 25.7 Å². The summed E-state index contributed by atoms with van der Waals surface area (Å²) in [6.07, 6.45) is 6.76. The molecule has 0 bridgehead atoms. The number of allylic oxidation sites excluding steroid dienone is 2. The second-order valence-corrected chi connectivity index (χ2v) is 7.76. The second kappa shape index (κ2) is 6.72. The van der Waals surface area contributed by atoms with E-state index in [4.69, 9.17) is 4.74 Å². The monoisotopic (exact) mass is 383 g/mol. The van der Waals surface area contributed by atoms with Crippen LogP contribution in [-0.4, -0.2) is 58.5 Å². The van der Waals surface area contributed by atoms with E-state index in [0.717, 1.165) is 30.4 Å². The first-order chi connectivity index (χ1) is 13.4. The van der Waals surface area contributed by atoms with Gasteiger partial charge in [-0.25, -0.2) is 4.79 Å². The molecule has 1 aliphatic carbocycles. The SMILES string of the molecule is CCOC(=O)C1=C(N2CCCCC2)C2(CC1=O)C(=O)N=C1C(C)=CC(C)=CN12. The third kappa shape index (κ3) is 2.56. The molecular formula is C21H25N3O4. The zero-order valence-electron chi connectivity index (χ0n) is 16.6. The molecular weight excluding hydrogens is 358 g/mol. The Morgan fingerprint density at radius 1 is 1.21 bits per heavy atom. The fourth-order valence-corrected chi connectivity index (χ4v) is 4.69. The van der Waals surface area contributed by atoms with Gasteiger partial charge < -0.3 is 14.5 Å². The molecule has 3 aliphatic heterocycles. The quantitative estimate of drug-likeness (QED) is 0.549. The predicted molar refractivity (Wildman–Crippen MR) is 103 cm³/mol. The summed E-state index contributed by atoms with van der Waals surface area (Å²) in [5.74, 6) is -0.810. The summed E-state index contributed by atoms with van der Waals surface area (Å²) in [6, 6.07) is 0. The van der Waals surface area contributed by atoms with Crippen LogP contribution in [0, 0.1) is 0 Å². The van der Waals surface area contributed by atoms with E-state index in [-0.39, 0.29) is 30.3 Å². The van der Waals surface area contributed by atoms with Crippen molar-refractivity contribution in [3.8, 4) is 0 Å². The molecule has 0 N–H and O–H groups in total.